The molecule has 0 unspecified atom stereocenters. The molecule has 80 valence electrons. The minimum absolute atomic E-state index is 0.617. The maximum Gasteiger partial charge on any atom is -0.00269 e. The molecule has 14 heavy (non-hydrogen) atoms. The van der Waals surface area contributed by atoms with Crippen molar-refractivity contribution >= 4 is 0 Å². The van der Waals surface area contributed by atoms with Gasteiger partial charge in [0.05, 0.1) is 0 Å². The number of hydrogen-bond acceptors (Lipinski definition) is 1. The minimum Gasteiger partial charge on any atom is -0.404 e. The van der Waals surface area contributed by atoms with Crippen LogP contribution < -0.4 is 5.73 Å². The van der Waals surface area contributed by atoms with Gasteiger partial charge >= 0.3 is 0 Å². The van der Waals surface area contributed by atoms with Crippen LogP contribution in [0.4, 0.5) is 0 Å². The van der Waals surface area contributed by atoms with Crippen molar-refractivity contribution in [2.24, 2.45) is 11.7 Å². The Morgan fingerprint density at radius 3 is 2.21 bits per heavy atom. The lowest BCUT2D eigenvalue weighted by molar-refractivity contribution is 0.511. The summed E-state index contributed by atoms with van der Waals surface area (Å²) in [6.07, 6.45) is 12.4. The Bertz CT molecular complexity index is 195. The first kappa shape index (κ1) is 13.0. The van der Waals surface area contributed by atoms with Gasteiger partial charge < -0.3 is 5.73 Å². The van der Waals surface area contributed by atoms with Gasteiger partial charge in [0.2, 0.25) is 0 Å². The van der Waals surface area contributed by atoms with Crippen LogP contribution in [0.3, 0.4) is 0 Å². The Hall–Kier alpha value is -0.980. The average Bonchev–Trinajstić information content (AvgIpc) is 2.19. The topological polar surface area (TPSA) is 26.0 Å². The van der Waals surface area contributed by atoms with Crippen LogP contribution in [0, 0.1) is 5.92 Å². The Kier molecular flexibility index (Phi) is 8.01. The van der Waals surface area contributed by atoms with E-state index in [9.17, 15) is 0 Å². The smallest absolute Gasteiger partial charge is 0.00269 e. The van der Waals surface area contributed by atoms with Crippen LogP contribution >= 0.6 is 0 Å². The van der Waals surface area contributed by atoms with Crippen molar-refractivity contribution < 1.29 is 0 Å². The largest absolute Gasteiger partial charge is 0.404 e. The molecule has 0 atom stereocenters. The van der Waals surface area contributed by atoms with Gasteiger partial charge in [-0.1, -0.05) is 51.5 Å². The fraction of sp³-hybridized carbons (Fsp3) is 0.538. The molecule has 0 aromatic carbocycles. The number of nitrogens with two attached hydrogens (primary N) is 1. The van der Waals surface area contributed by atoms with Crippen molar-refractivity contribution in [3.05, 3.63) is 36.6 Å². The molecule has 0 heterocycles. The maximum atomic E-state index is 5.63. The van der Waals surface area contributed by atoms with Crippen LogP contribution in [-0.2, 0) is 0 Å². The van der Waals surface area contributed by atoms with Gasteiger partial charge in [-0.15, -0.1) is 0 Å². The van der Waals surface area contributed by atoms with E-state index in [0.29, 0.717) is 5.92 Å². The van der Waals surface area contributed by atoms with E-state index in [0.717, 1.165) is 0 Å². The van der Waals surface area contributed by atoms with Crippen molar-refractivity contribution in [1.82, 2.24) is 0 Å². The third kappa shape index (κ3) is 4.90. The molecule has 2 N–H and O–H groups in total. The van der Waals surface area contributed by atoms with E-state index in [1.165, 1.54) is 31.3 Å². The van der Waals surface area contributed by atoms with E-state index in [1.807, 2.05) is 6.08 Å². The Morgan fingerprint density at radius 1 is 1.29 bits per heavy atom. The second-order valence-corrected chi connectivity index (χ2v) is 3.54. The van der Waals surface area contributed by atoms with E-state index in [1.54, 1.807) is 12.3 Å². The second-order valence-electron chi connectivity index (χ2n) is 3.54. The third-order valence-corrected chi connectivity index (χ3v) is 2.36. The fourth-order valence-corrected chi connectivity index (χ4v) is 1.68. The zero-order chi connectivity index (χ0) is 10.8. The molecular formula is C13H23N. The van der Waals surface area contributed by atoms with Crippen molar-refractivity contribution in [1.29, 1.82) is 0 Å². The van der Waals surface area contributed by atoms with Crippen molar-refractivity contribution in [2.75, 3.05) is 0 Å². The van der Waals surface area contributed by atoms with Crippen LogP contribution in [0.15, 0.2) is 36.6 Å². The molecule has 0 aliphatic rings. The van der Waals surface area contributed by atoms with E-state index in [2.05, 4.69) is 26.5 Å². The highest BCUT2D eigenvalue weighted by Gasteiger charge is 2.09. The van der Waals surface area contributed by atoms with Gasteiger partial charge in [-0.05, 0) is 30.5 Å². The SMILES string of the molecule is C=C/C=C\C(=C/N)C(CCC)CCC. The summed E-state index contributed by atoms with van der Waals surface area (Å²) in [6, 6.07) is 0. The van der Waals surface area contributed by atoms with Crippen LogP contribution in [0.5, 0.6) is 0 Å². The second kappa shape index (κ2) is 8.61. The first-order valence-electron chi connectivity index (χ1n) is 5.50. The number of rotatable bonds is 7. The van der Waals surface area contributed by atoms with Crippen LogP contribution in [-0.4, -0.2) is 0 Å². The predicted molar refractivity (Wildman–Crippen MR) is 64.9 cm³/mol. The highest BCUT2D eigenvalue weighted by atomic mass is 14.5. The Morgan fingerprint density at radius 2 is 1.86 bits per heavy atom. The van der Waals surface area contributed by atoms with Crippen molar-refractivity contribution in [3.63, 3.8) is 0 Å². The molecule has 1 heteroatoms. The van der Waals surface area contributed by atoms with Crippen LogP contribution in [0.25, 0.3) is 0 Å². The summed E-state index contributed by atoms with van der Waals surface area (Å²) in [5.41, 5.74) is 6.87. The first-order valence-corrected chi connectivity index (χ1v) is 5.50. The minimum atomic E-state index is 0.617. The summed E-state index contributed by atoms with van der Waals surface area (Å²) in [5, 5.41) is 0. The summed E-state index contributed by atoms with van der Waals surface area (Å²) < 4.78 is 0. The zero-order valence-electron chi connectivity index (χ0n) is 9.50. The Balaban J connectivity index is 4.41. The average molecular weight is 193 g/mol. The molecule has 1 nitrogen and oxygen atoms in total. The molecule has 0 amide bonds. The lowest BCUT2D eigenvalue weighted by atomic mass is 9.90. The van der Waals surface area contributed by atoms with Gasteiger partial charge in [0.1, 0.15) is 0 Å². The van der Waals surface area contributed by atoms with Gasteiger partial charge in [-0.3, -0.25) is 0 Å². The van der Waals surface area contributed by atoms with Crippen LogP contribution in [0.2, 0.25) is 0 Å². The van der Waals surface area contributed by atoms with Gasteiger partial charge in [-0.25, -0.2) is 0 Å². The maximum absolute atomic E-state index is 5.63. The highest BCUT2D eigenvalue weighted by molar-refractivity contribution is 5.23. The molecule has 0 aromatic heterocycles. The van der Waals surface area contributed by atoms with Gasteiger partial charge in [0.25, 0.3) is 0 Å². The van der Waals surface area contributed by atoms with Gasteiger partial charge in [-0.2, -0.15) is 0 Å². The van der Waals surface area contributed by atoms with E-state index in [-0.39, 0.29) is 0 Å². The zero-order valence-corrected chi connectivity index (χ0v) is 9.50. The molecule has 0 aliphatic heterocycles. The van der Waals surface area contributed by atoms with Crippen molar-refractivity contribution in [3.8, 4) is 0 Å². The quantitative estimate of drug-likeness (QED) is 0.612. The standard InChI is InChI=1S/C13H23N/c1-4-7-10-13(11-14)12(8-5-2)9-6-3/h4,7,10-12H,1,5-6,8-9,14H2,2-3H3/b10-7-,13-11+. The lowest BCUT2D eigenvalue weighted by Crippen LogP contribution is -2.04. The van der Waals surface area contributed by atoms with E-state index in [4.69, 9.17) is 5.73 Å². The number of allylic oxidation sites excluding steroid dienone is 4. The van der Waals surface area contributed by atoms with Gasteiger partial charge in [0.15, 0.2) is 0 Å². The molecule has 0 fully saturated rings. The van der Waals surface area contributed by atoms with Crippen molar-refractivity contribution in [2.45, 2.75) is 39.5 Å². The molecule has 0 aliphatic carbocycles. The monoisotopic (exact) mass is 193 g/mol. The fourth-order valence-electron chi connectivity index (χ4n) is 1.68. The third-order valence-electron chi connectivity index (χ3n) is 2.36. The molecule has 0 aromatic rings. The molecule has 0 saturated carbocycles. The molecule has 0 saturated heterocycles. The van der Waals surface area contributed by atoms with Gasteiger partial charge in [0, 0.05) is 0 Å². The molecule has 0 spiro atoms. The summed E-state index contributed by atoms with van der Waals surface area (Å²) in [6.45, 7) is 8.10. The Labute approximate surface area is 88.4 Å². The van der Waals surface area contributed by atoms with Crippen LogP contribution in [0.1, 0.15) is 39.5 Å². The normalized spacial score (nSPS) is 12.6. The lowest BCUT2D eigenvalue weighted by Gasteiger charge is -2.15. The first-order chi connectivity index (χ1) is 6.79. The van der Waals surface area contributed by atoms with E-state index >= 15 is 0 Å². The highest BCUT2D eigenvalue weighted by Crippen LogP contribution is 2.22. The predicted octanol–water partition coefficient (Wildman–Crippen LogP) is 3.79. The summed E-state index contributed by atoms with van der Waals surface area (Å²) in [7, 11) is 0. The summed E-state index contributed by atoms with van der Waals surface area (Å²) >= 11 is 0. The molecule has 0 rings (SSSR count). The summed E-state index contributed by atoms with van der Waals surface area (Å²) in [5.74, 6) is 0.617. The van der Waals surface area contributed by atoms with E-state index < -0.39 is 0 Å². The molecule has 0 bridgehead atoms. The number of hydrogen-bond donors (Lipinski definition) is 1. The molecular weight excluding hydrogens is 170 g/mol. The molecule has 0 radical (unpaired) electrons. The summed E-state index contributed by atoms with van der Waals surface area (Å²) in [4.78, 5) is 0.